The molecule has 1 aromatic carbocycles. The van der Waals surface area contributed by atoms with Crippen molar-refractivity contribution in [1.82, 2.24) is 5.32 Å². The van der Waals surface area contributed by atoms with E-state index in [2.05, 4.69) is 35.8 Å². The molecule has 0 unspecified atom stereocenters. The van der Waals surface area contributed by atoms with Crippen LogP contribution in [0.5, 0.6) is 0 Å². The third-order valence-corrected chi connectivity index (χ3v) is 2.86. The van der Waals surface area contributed by atoms with E-state index in [4.69, 9.17) is 4.74 Å². The van der Waals surface area contributed by atoms with E-state index in [9.17, 15) is 0 Å². The molecule has 2 nitrogen and oxygen atoms in total. The van der Waals surface area contributed by atoms with Gasteiger partial charge >= 0.3 is 0 Å². The minimum Gasteiger partial charge on any atom is -0.380 e. The summed E-state index contributed by atoms with van der Waals surface area (Å²) >= 11 is 1.77. The molecular weight excluding hydrogens is 206 g/mol. The van der Waals surface area contributed by atoms with Crippen LogP contribution in [0.25, 0.3) is 0 Å². The van der Waals surface area contributed by atoms with Crippen molar-refractivity contribution >= 4 is 11.8 Å². The molecule has 1 N–H and O–H groups in total. The average molecular weight is 225 g/mol. The summed E-state index contributed by atoms with van der Waals surface area (Å²) in [5.74, 6) is 0. The zero-order valence-corrected chi connectivity index (χ0v) is 10.3. The number of benzene rings is 1. The van der Waals surface area contributed by atoms with Gasteiger partial charge in [0.25, 0.3) is 0 Å². The molecule has 0 aliphatic rings. The molecule has 3 heteroatoms. The number of thioether (sulfide) groups is 1. The SMILES string of the molecule is CCOCCNCc1ccc(SC)cc1. The first-order valence-electron chi connectivity index (χ1n) is 5.28. The summed E-state index contributed by atoms with van der Waals surface area (Å²) in [7, 11) is 0. The fourth-order valence-corrected chi connectivity index (χ4v) is 1.67. The first-order valence-corrected chi connectivity index (χ1v) is 6.50. The van der Waals surface area contributed by atoms with Crippen molar-refractivity contribution in [2.24, 2.45) is 0 Å². The van der Waals surface area contributed by atoms with Gasteiger partial charge in [0.05, 0.1) is 6.61 Å². The highest BCUT2D eigenvalue weighted by molar-refractivity contribution is 7.98. The zero-order valence-electron chi connectivity index (χ0n) is 9.45. The Labute approximate surface area is 96.4 Å². The molecule has 0 aliphatic heterocycles. The monoisotopic (exact) mass is 225 g/mol. The summed E-state index contributed by atoms with van der Waals surface area (Å²) in [6, 6.07) is 8.65. The minimum absolute atomic E-state index is 0.791. The van der Waals surface area contributed by atoms with Gasteiger partial charge in [-0.3, -0.25) is 0 Å². The molecule has 0 radical (unpaired) electrons. The fourth-order valence-electron chi connectivity index (χ4n) is 1.26. The van der Waals surface area contributed by atoms with Gasteiger partial charge in [0, 0.05) is 24.6 Å². The van der Waals surface area contributed by atoms with Gasteiger partial charge in [0.1, 0.15) is 0 Å². The molecular formula is C12H19NOS. The Morgan fingerprint density at radius 3 is 2.60 bits per heavy atom. The van der Waals surface area contributed by atoms with E-state index < -0.39 is 0 Å². The first-order chi connectivity index (χ1) is 7.36. The van der Waals surface area contributed by atoms with Gasteiger partial charge in [-0.25, -0.2) is 0 Å². The van der Waals surface area contributed by atoms with E-state index in [0.29, 0.717) is 0 Å². The summed E-state index contributed by atoms with van der Waals surface area (Å²) in [6.45, 7) is 5.44. The van der Waals surface area contributed by atoms with Crippen LogP contribution in [0.4, 0.5) is 0 Å². The van der Waals surface area contributed by atoms with Crippen molar-refractivity contribution in [2.75, 3.05) is 26.0 Å². The Balaban J connectivity index is 2.20. The second kappa shape index (κ2) is 7.74. The molecule has 0 saturated carbocycles. The lowest BCUT2D eigenvalue weighted by Gasteiger charge is -2.05. The van der Waals surface area contributed by atoms with Crippen molar-refractivity contribution in [1.29, 1.82) is 0 Å². The molecule has 0 saturated heterocycles. The molecule has 0 fully saturated rings. The summed E-state index contributed by atoms with van der Waals surface area (Å²) < 4.78 is 5.24. The van der Waals surface area contributed by atoms with Crippen molar-refractivity contribution in [3.05, 3.63) is 29.8 Å². The van der Waals surface area contributed by atoms with Crippen LogP contribution in [0.15, 0.2) is 29.2 Å². The molecule has 1 aromatic rings. The number of nitrogens with one attached hydrogen (secondary N) is 1. The van der Waals surface area contributed by atoms with E-state index in [1.165, 1.54) is 10.5 Å². The molecule has 0 aromatic heterocycles. The highest BCUT2D eigenvalue weighted by Gasteiger charge is 1.93. The highest BCUT2D eigenvalue weighted by atomic mass is 32.2. The van der Waals surface area contributed by atoms with Gasteiger partial charge in [-0.2, -0.15) is 0 Å². The van der Waals surface area contributed by atoms with Gasteiger partial charge in [0.15, 0.2) is 0 Å². The molecule has 84 valence electrons. The number of hydrogen-bond acceptors (Lipinski definition) is 3. The summed E-state index contributed by atoms with van der Waals surface area (Å²) in [5, 5.41) is 3.34. The number of ether oxygens (including phenoxy) is 1. The maximum atomic E-state index is 5.24. The minimum atomic E-state index is 0.791. The number of rotatable bonds is 7. The standard InChI is InChI=1S/C12H19NOS/c1-3-14-9-8-13-10-11-4-6-12(15-2)7-5-11/h4-7,13H,3,8-10H2,1-2H3. The van der Waals surface area contributed by atoms with Crippen LogP contribution in [0.2, 0.25) is 0 Å². The first kappa shape index (κ1) is 12.6. The molecule has 0 atom stereocenters. The lowest BCUT2D eigenvalue weighted by molar-refractivity contribution is 0.149. The van der Waals surface area contributed by atoms with Crippen molar-refractivity contribution in [3.8, 4) is 0 Å². The molecule has 1 rings (SSSR count). The van der Waals surface area contributed by atoms with Gasteiger partial charge in [0.2, 0.25) is 0 Å². The van der Waals surface area contributed by atoms with Crippen molar-refractivity contribution in [3.63, 3.8) is 0 Å². The van der Waals surface area contributed by atoms with E-state index in [0.717, 1.165) is 26.3 Å². The Bertz CT molecular complexity index is 261. The summed E-state index contributed by atoms with van der Waals surface area (Å²) in [4.78, 5) is 1.31. The van der Waals surface area contributed by atoms with Crippen LogP contribution in [-0.2, 0) is 11.3 Å². The summed E-state index contributed by atoms with van der Waals surface area (Å²) in [5.41, 5.74) is 1.32. The van der Waals surface area contributed by atoms with E-state index in [1.807, 2.05) is 6.92 Å². The molecule has 15 heavy (non-hydrogen) atoms. The van der Waals surface area contributed by atoms with Crippen LogP contribution in [0.3, 0.4) is 0 Å². The van der Waals surface area contributed by atoms with Crippen LogP contribution < -0.4 is 5.32 Å². The van der Waals surface area contributed by atoms with Crippen LogP contribution >= 0.6 is 11.8 Å². The topological polar surface area (TPSA) is 21.3 Å². The Kier molecular flexibility index (Phi) is 6.48. The highest BCUT2D eigenvalue weighted by Crippen LogP contribution is 2.14. The molecule has 0 bridgehead atoms. The summed E-state index contributed by atoms with van der Waals surface area (Å²) in [6.07, 6.45) is 2.09. The Morgan fingerprint density at radius 1 is 1.27 bits per heavy atom. The normalized spacial score (nSPS) is 10.5. The zero-order chi connectivity index (χ0) is 10.9. The third kappa shape index (κ3) is 5.21. The van der Waals surface area contributed by atoms with Crippen molar-refractivity contribution in [2.45, 2.75) is 18.4 Å². The van der Waals surface area contributed by atoms with Crippen LogP contribution in [-0.4, -0.2) is 26.0 Å². The Morgan fingerprint density at radius 2 is 2.00 bits per heavy atom. The maximum Gasteiger partial charge on any atom is 0.0590 e. The van der Waals surface area contributed by atoms with E-state index in [-0.39, 0.29) is 0 Å². The molecule has 0 amide bonds. The lowest BCUT2D eigenvalue weighted by atomic mass is 10.2. The van der Waals surface area contributed by atoms with Crippen LogP contribution in [0, 0.1) is 0 Å². The largest absolute Gasteiger partial charge is 0.380 e. The smallest absolute Gasteiger partial charge is 0.0590 e. The van der Waals surface area contributed by atoms with Gasteiger partial charge < -0.3 is 10.1 Å². The third-order valence-electron chi connectivity index (χ3n) is 2.12. The maximum absolute atomic E-state index is 5.24. The molecule has 0 aliphatic carbocycles. The van der Waals surface area contributed by atoms with Gasteiger partial charge in [-0.15, -0.1) is 11.8 Å². The predicted molar refractivity (Wildman–Crippen MR) is 66.4 cm³/mol. The molecule has 0 heterocycles. The second-order valence-electron chi connectivity index (χ2n) is 3.22. The van der Waals surface area contributed by atoms with Crippen molar-refractivity contribution < 1.29 is 4.74 Å². The fraction of sp³-hybridized carbons (Fsp3) is 0.500. The molecule has 0 spiro atoms. The average Bonchev–Trinajstić information content (AvgIpc) is 2.30. The van der Waals surface area contributed by atoms with Crippen LogP contribution in [0.1, 0.15) is 12.5 Å². The number of hydrogen-bond donors (Lipinski definition) is 1. The van der Waals surface area contributed by atoms with Gasteiger partial charge in [-0.05, 0) is 30.9 Å². The predicted octanol–water partition coefficient (Wildman–Crippen LogP) is 2.53. The van der Waals surface area contributed by atoms with E-state index >= 15 is 0 Å². The Hall–Kier alpha value is -0.510. The van der Waals surface area contributed by atoms with E-state index in [1.54, 1.807) is 11.8 Å². The second-order valence-corrected chi connectivity index (χ2v) is 4.10. The lowest BCUT2D eigenvalue weighted by Crippen LogP contribution is -2.19. The van der Waals surface area contributed by atoms with Gasteiger partial charge in [-0.1, -0.05) is 12.1 Å². The quantitative estimate of drug-likeness (QED) is 0.569.